The monoisotopic (exact) mass is 211 g/mol. The molecule has 1 aromatic heterocycles. The second-order valence-corrected chi connectivity index (χ2v) is 5.53. The Morgan fingerprint density at radius 3 is 2.29 bits per heavy atom. The minimum Gasteiger partial charge on any atom is -0.294 e. The number of aromatic nitrogens is 1. The van der Waals surface area contributed by atoms with Crippen molar-refractivity contribution in [1.82, 2.24) is 4.98 Å². The normalized spacial score (nSPS) is 11.8. The highest BCUT2D eigenvalue weighted by Crippen LogP contribution is 2.30. The third kappa shape index (κ3) is 2.21. The molecule has 0 atom stereocenters. The first-order valence-corrected chi connectivity index (χ1v) is 5.69. The van der Waals surface area contributed by atoms with E-state index in [4.69, 9.17) is 0 Å². The summed E-state index contributed by atoms with van der Waals surface area (Å²) in [7, 11) is 0. The number of hydrogen-bond acceptors (Lipinski definition) is 3. The van der Waals surface area contributed by atoms with Crippen molar-refractivity contribution in [2.75, 3.05) is 0 Å². The van der Waals surface area contributed by atoms with E-state index in [0.29, 0.717) is 0 Å². The van der Waals surface area contributed by atoms with E-state index in [0.717, 1.165) is 22.0 Å². The van der Waals surface area contributed by atoms with Crippen LogP contribution in [0.2, 0.25) is 0 Å². The van der Waals surface area contributed by atoms with Gasteiger partial charge in [0, 0.05) is 12.3 Å². The molecule has 1 heterocycles. The summed E-state index contributed by atoms with van der Waals surface area (Å²) in [5, 5.41) is 1.06. The van der Waals surface area contributed by atoms with Gasteiger partial charge in [0.15, 0.2) is 5.78 Å². The van der Waals surface area contributed by atoms with E-state index < -0.39 is 0 Å². The zero-order chi connectivity index (χ0) is 10.9. The summed E-state index contributed by atoms with van der Waals surface area (Å²) in [6.45, 7) is 9.95. The second-order valence-electron chi connectivity index (χ2n) is 4.45. The Morgan fingerprint density at radius 2 is 2.00 bits per heavy atom. The summed E-state index contributed by atoms with van der Waals surface area (Å²) in [6, 6.07) is 0. The average Bonchev–Trinajstić information content (AvgIpc) is 2.46. The van der Waals surface area contributed by atoms with Gasteiger partial charge in [0.05, 0.1) is 15.6 Å². The number of aryl methyl sites for hydroxylation is 1. The van der Waals surface area contributed by atoms with Gasteiger partial charge in [-0.1, -0.05) is 27.7 Å². The minimum absolute atomic E-state index is 0.0368. The van der Waals surface area contributed by atoms with Gasteiger partial charge < -0.3 is 0 Å². The van der Waals surface area contributed by atoms with E-state index in [1.807, 2.05) is 0 Å². The second kappa shape index (κ2) is 3.81. The predicted molar refractivity (Wildman–Crippen MR) is 60.2 cm³/mol. The van der Waals surface area contributed by atoms with Crippen molar-refractivity contribution < 1.29 is 4.79 Å². The van der Waals surface area contributed by atoms with Crippen LogP contribution in [-0.2, 0) is 11.8 Å². The standard InChI is InChI=1S/C11H17NOS/c1-6-8-12-10(11(3,4)5)9(14-8)7(2)13/h6H2,1-5H3. The molecule has 78 valence electrons. The van der Waals surface area contributed by atoms with Gasteiger partial charge in [0.1, 0.15) is 0 Å². The molecule has 0 fully saturated rings. The molecule has 0 spiro atoms. The van der Waals surface area contributed by atoms with E-state index in [9.17, 15) is 4.79 Å². The maximum atomic E-state index is 11.4. The molecular formula is C11H17NOS. The third-order valence-corrected chi connectivity index (χ3v) is 3.30. The van der Waals surface area contributed by atoms with Gasteiger partial charge >= 0.3 is 0 Å². The Balaban J connectivity index is 3.26. The van der Waals surface area contributed by atoms with Crippen molar-refractivity contribution in [1.29, 1.82) is 0 Å². The van der Waals surface area contributed by atoms with Crippen LogP contribution in [0, 0.1) is 0 Å². The molecule has 3 heteroatoms. The zero-order valence-corrected chi connectivity index (χ0v) is 10.3. The Bertz CT molecular complexity index is 347. The number of thiazole rings is 1. The van der Waals surface area contributed by atoms with Crippen LogP contribution in [0.3, 0.4) is 0 Å². The maximum absolute atomic E-state index is 11.4. The quantitative estimate of drug-likeness (QED) is 0.703. The van der Waals surface area contributed by atoms with Crippen molar-refractivity contribution >= 4 is 17.1 Å². The lowest BCUT2D eigenvalue weighted by atomic mass is 9.91. The van der Waals surface area contributed by atoms with Crippen LogP contribution in [0.15, 0.2) is 0 Å². The lowest BCUT2D eigenvalue weighted by Crippen LogP contribution is -2.15. The molecule has 2 nitrogen and oxygen atoms in total. The highest BCUT2D eigenvalue weighted by Gasteiger charge is 2.24. The molecule has 0 aliphatic heterocycles. The number of carbonyl (C=O) groups is 1. The van der Waals surface area contributed by atoms with Gasteiger partial charge in [-0.15, -0.1) is 11.3 Å². The van der Waals surface area contributed by atoms with Crippen LogP contribution in [0.4, 0.5) is 0 Å². The Hall–Kier alpha value is -0.700. The van der Waals surface area contributed by atoms with Crippen LogP contribution < -0.4 is 0 Å². The molecule has 0 saturated carbocycles. The van der Waals surface area contributed by atoms with Crippen molar-refractivity contribution in [3.05, 3.63) is 15.6 Å². The van der Waals surface area contributed by atoms with Crippen molar-refractivity contribution in [2.45, 2.75) is 46.5 Å². The first-order valence-electron chi connectivity index (χ1n) is 4.87. The van der Waals surface area contributed by atoms with Crippen LogP contribution in [-0.4, -0.2) is 10.8 Å². The summed E-state index contributed by atoms with van der Waals surface area (Å²) in [4.78, 5) is 16.8. The number of nitrogens with zero attached hydrogens (tertiary/aromatic N) is 1. The molecule has 0 aromatic carbocycles. The molecule has 0 aliphatic rings. The summed E-state index contributed by atoms with van der Waals surface area (Å²) < 4.78 is 0. The SMILES string of the molecule is CCc1nc(C(C)(C)C)c(C(C)=O)s1. The Morgan fingerprint density at radius 1 is 1.43 bits per heavy atom. The van der Waals surface area contributed by atoms with Crippen molar-refractivity contribution in [3.63, 3.8) is 0 Å². The third-order valence-electron chi connectivity index (χ3n) is 2.00. The molecule has 0 amide bonds. The van der Waals surface area contributed by atoms with Crippen molar-refractivity contribution in [3.8, 4) is 0 Å². The Kier molecular flexibility index (Phi) is 3.10. The van der Waals surface area contributed by atoms with Crippen LogP contribution in [0.1, 0.15) is 55.0 Å². The van der Waals surface area contributed by atoms with Gasteiger partial charge in [-0.2, -0.15) is 0 Å². The fourth-order valence-corrected chi connectivity index (χ4v) is 2.37. The number of ketones is 1. The zero-order valence-electron chi connectivity index (χ0n) is 9.47. The molecular weight excluding hydrogens is 194 g/mol. The molecule has 0 aliphatic carbocycles. The number of carbonyl (C=O) groups excluding carboxylic acids is 1. The average molecular weight is 211 g/mol. The van der Waals surface area contributed by atoms with Crippen molar-refractivity contribution in [2.24, 2.45) is 0 Å². The molecule has 1 aromatic rings. The van der Waals surface area contributed by atoms with Gasteiger partial charge in [-0.3, -0.25) is 4.79 Å². The molecule has 0 bridgehead atoms. The van der Waals surface area contributed by atoms with E-state index in [1.165, 1.54) is 11.3 Å². The van der Waals surface area contributed by atoms with E-state index in [2.05, 4.69) is 32.7 Å². The maximum Gasteiger partial charge on any atom is 0.171 e. The van der Waals surface area contributed by atoms with Crippen LogP contribution in [0.25, 0.3) is 0 Å². The van der Waals surface area contributed by atoms with E-state index >= 15 is 0 Å². The number of rotatable bonds is 2. The van der Waals surface area contributed by atoms with Crippen LogP contribution in [0.5, 0.6) is 0 Å². The summed E-state index contributed by atoms with van der Waals surface area (Å²) in [5.74, 6) is 0.132. The summed E-state index contributed by atoms with van der Waals surface area (Å²) in [5.41, 5.74) is 0.914. The lowest BCUT2D eigenvalue weighted by Gasteiger charge is -2.16. The van der Waals surface area contributed by atoms with Gasteiger partial charge in [-0.25, -0.2) is 4.98 Å². The highest BCUT2D eigenvalue weighted by molar-refractivity contribution is 7.13. The summed E-state index contributed by atoms with van der Waals surface area (Å²) in [6.07, 6.45) is 0.904. The molecule has 0 unspecified atom stereocenters. The molecule has 0 radical (unpaired) electrons. The van der Waals surface area contributed by atoms with Gasteiger partial charge in [-0.05, 0) is 6.42 Å². The first kappa shape index (κ1) is 11.4. The van der Waals surface area contributed by atoms with Crippen LogP contribution >= 0.6 is 11.3 Å². The summed E-state index contributed by atoms with van der Waals surface area (Å²) >= 11 is 1.53. The van der Waals surface area contributed by atoms with Gasteiger partial charge in [0.25, 0.3) is 0 Å². The molecule has 0 N–H and O–H groups in total. The smallest absolute Gasteiger partial charge is 0.171 e. The fraction of sp³-hybridized carbons (Fsp3) is 0.636. The predicted octanol–water partition coefficient (Wildman–Crippen LogP) is 3.21. The lowest BCUT2D eigenvalue weighted by molar-refractivity contribution is 0.101. The van der Waals surface area contributed by atoms with Gasteiger partial charge in [0.2, 0.25) is 0 Å². The first-order chi connectivity index (χ1) is 6.36. The minimum atomic E-state index is -0.0368. The Labute approximate surface area is 89.4 Å². The topological polar surface area (TPSA) is 30.0 Å². The molecule has 14 heavy (non-hydrogen) atoms. The molecule has 0 saturated heterocycles. The molecule has 1 rings (SSSR count). The van der Waals surface area contributed by atoms with E-state index in [1.54, 1.807) is 6.92 Å². The number of hydrogen-bond donors (Lipinski definition) is 0. The fourth-order valence-electron chi connectivity index (χ4n) is 1.26. The largest absolute Gasteiger partial charge is 0.294 e. The number of Topliss-reactive ketones (excluding diaryl/α,β-unsaturated/α-hetero) is 1. The highest BCUT2D eigenvalue weighted by atomic mass is 32.1. The van der Waals surface area contributed by atoms with E-state index in [-0.39, 0.29) is 11.2 Å².